The third kappa shape index (κ3) is 5.02. The van der Waals surface area contributed by atoms with E-state index in [1.807, 2.05) is 6.07 Å². The summed E-state index contributed by atoms with van der Waals surface area (Å²) in [4.78, 5) is 23.3. The van der Waals surface area contributed by atoms with Gasteiger partial charge in [0, 0.05) is 7.11 Å². The Kier molecular flexibility index (Phi) is 7.01. The van der Waals surface area contributed by atoms with Gasteiger partial charge >= 0.3 is 12.3 Å². The van der Waals surface area contributed by atoms with Crippen molar-refractivity contribution in [3.8, 4) is 6.07 Å². The number of hydrogen-bond acceptors (Lipinski definition) is 8. The van der Waals surface area contributed by atoms with Crippen LogP contribution in [-0.2, 0) is 18.9 Å². The van der Waals surface area contributed by atoms with Crippen LogP contribution in [0.25, 0.3) is 0 Å². The third-order valence-corrected chi connectivity index (χ3v) is 3.89. The molecular formula is C19H20N2O7. The first-order chi connectivity index (χ1) is 13.4. The Balaban J connectivity index is 2.44. The van der Waals surface area contributed by atoms with Crippen molar-refractivity contribution in [2.75, 3.05) is 20.3 Å². The molecule has 1 heterocycles. The molecule has 0 saturated heterocycles. The van der Waals surface area contributed by atoms with Gasteiger partial charge in [-0.15, -0.1) is 0 Å². The minimum absolute atomic E-state index is 0.00295. The van der Waals surface area contributed by atoms with Crippen molar-refractivity contribution in [1.82, 2.24) is 5.32 Å². The van der Waals surface area contributed by atoms with Crippen molar-refractivity contribution in [3.63, 3.8) is 0 Å². The van der Waals surface area contributed by atoms with E-state index in [0.29, 0.717) is 22.5 Å². The number of benzene rings is 1. The zero-order valence-corrected chi connectivity index (χ0v) is 15.6. The van der Waals surface area contributed by atoms with Crippen LogP contribution in [0.4, 0.5) is 9.59 Å². The average Bonchev–Trinajstić information content (AvgIpc) is 2.65. The number of rotatable bonds is 6. The smallest absolute Gasteiger partial charge is 0.449 e. The fraction of sp³-hybridized carbons (Fsp3) is 0.316. The topological polar surface area (TPSA) is 127 Å². The Bertz CT molecular complexity index is 867. The van der Waals surface area contributed by atoms with Crippen molar-refractivity contribution in [1.29, 1.82) is 5.26 Å². The Labute approximate surface area is 161 Å². The number of carboxylic acid groups (broad SMARTS) is 1. The highest BCUT2D eigenvalue weighted by Gasteiger charge is 2.35. The maximum Gasteiger partial charge on any atom is 0.513 e. The maximum atomic E-state index is 12.1. The van der Waals surface area contributed by atoms with E-state index in [2.05, 4.69) is 5.32 Å². The maximum absolute atomic E-state index is 12.1. The largest absolute Gasteiger partial charge is 0.513 e. The van der Waals surface area contributed by atoms with Crippen LogP contribution in [0.1, 0.15) is 30.9 Å². The number of carbonyl (C=O) groups excluding carboxylic acids is 1. The van der Waals surface area contributed by atoms with Crippen molar-refractivity contribution in [2.45, 2.75) is 19.8 Å². The molecule has 0 radical (unpaired) electrons. The lowest BCUT2D eigenvalue weighted by molar-refractivity contribution is 0.0478. The fourth-order valence-corrected chi connectivity index (χ4v) is 2.74. The number of ether oxygens (including phenoxy) is 4. The molecule has 1 aliphatic rings. The summed E-state index contributed by atoms with van der Waals surface area (Å²) in [6.45, 7) is 3.50. The Morgan fingerprint density at radius 1 is 1.18 bits per heavy atom. The molecule has 1 aromatic rings. The lowest BCUT2D eigenvalue weighted by Crippen LogP contribution is -2.29. The predicted molar refractivity (Wildman–Crippen MR) is 95.9 cm³/mol. The van der Waals surface area contributed by atoms with Crippen LogP contribution in [0.3, 0.4) is 0 Å². The van der Waals surface area contributed by atoms with Gasteiger partial charge in [0.15, 0.2) is 0 Å². The molecule has 0 fully saturated rings. The van der Waals surface area contributed by atoms with Crippen LogP contribution < -0.4 is 5.32 Å². The highest BCUT2D eigenvalue weighted by atomic mass is 16.7. The first-order valence-electron chi connectivity index (χ1n) is 8.30. The van der Waals surface area contributed by atoms with Crippen molar-refractivity contribution in [3.05, 3.63) is 58.3 Å². The molecule has 1 unspecified atom stereocenters. The molecular weight excluding hydrogens is 368 g/mol. The number of nitrogens with one attached hydrogen (secondary N) is 1. The molecule has 9 nitrogen and oxygen atoms in total. The Morgan fingerprint density at radius 3 is 2.46 bits per heavy atom. The minimum atomic E-state index is -1.51. The first kappa shape index (κ1) is 20.8. The van der Waals surface area contributed by atoms with Gasteiger partial charge in [0.25, 0.3) is 0 Å². The van der Waals surface area contributed by atoms with E-state index in [-0.39, 0.29) is 24.7 Å². The molecule has 1 aliphatic heterocycles. The van der Waals surface area contributed by atoms with Crippen LogP contribution >= 0.6 is 0 Å². The van der Waals surface area contributed by atoms with Gasteiger partial charge in [-0.3, -0.25) is 0 Å². The number of dihydropyridines is 1. The van der Waals surface area contributed by atoms with Gasteiger partial charge < -0.3 is 29.4 Å². The summed E-state index contributed by atoms with van der Waals surface area (Å²) >= 11 is 0. The molecule has 2 N–H and O–H groups in total. The summed E-state index contributed by atoms with van der Waals surface area (Å²) in [6, 6.07) is 8.53. The Hall–Kier alpha value is -3.51. The van der Waals surface area contributed by atoms with Crippen molar-refractivity contribution in [2.24, 2.45) is 0 Å². The van der Waals surface area contributed by atoms with Gasteiger partial charge in [0.1, 0.15) is 24.0 Å². The van der Waals surface area contributed by atoms with Crippen molar-refractivity contribution >= 4 is 12.3 Å². The summed E-state index contributed by atoms with van der Waals surface area (Å²) in [5, 5.41) is 21.2. The second-order valence-corrected chi connectivity index (χ2v) is 5.84. The van der Waals surface area contributed by atoms with Crippen LogP contribution in [0.5, 0.6) is 0 Å². The molecule has 1 aromatic carbocycles. The number of allylic oxidation sites excluding steroid dienone is 2. The normalized spacial score (nSPS) is 16.1. The van der Waals surface area contributed by atoms with Gasteiger partial charge in [-0.25, -0.2) is 9.59 Å². The lowest BCUT2D eigenvalue weighted by Gasteiger charge is -2.30. The molecule has 1 atom stereocenters. The highest BCUT2D eigenvalue weighted by Crippen LogP contribution is 2.39. The van der Waals surface area contributed by atoms with E-state index in [1.54, 1.807) is 38.1 Å². The van der Waals surface area contributed by atoms with Gasteiger partial charge in [0.05, 0.1) is 29.6 Å². The SMILES string of the molecule is COCCOC(=O)OC1=C(C)NC(C)=C(OC(=O)O)C1c1cccc(C#N)c1. The fourth-order valence-electron chi connectivity index (χ4n) is 2.74. The molecule has 0 bridgehead atoms. The van der Waals surface area contributed by atoms with Crippen molar-refractivity contribution < 1.29 is 33.6 Å². The van der Waals surface area contributed by atoms with Gasteiger partial charge in [-0.1, -0.05) is 12.1 Å². The average molecular weight is 388 g/mol. The summed E-state index contributed by atoms with van der Waals surface area (Å²) in [6.07, 6.45) is -2.48. The molecule has 148 valence electrons. The van der Waals surface area contributed by atoms with Crippen LogP contribution in [0, 0.1) is 11.3 Å². The molecule has 28 heavy (non-hydrogen) atoms. The van der Waals surface area contributed by atoms with Crippen LogP contribution in [-0.4, -0.2) is 37.7 Å². The lowest BCUT2D eigenvalue weighted by atomic mass is 9.89. The van der Waals surface area contributed by atoms with Gasteiger partial charge in [-0.05, 0) is 31.5 Å². The van der Waals surface area contributed by atoms with Gasteiger partial charge in [0.2, 0.25) is 0 Å². The molecule has 0 aliphatic carbocycles. The predicted octanol–water partition coefficient (Wildman–Crippen LogP) is 3.20. The zero-order chi connectivity index (χ0) is 20.7. The van der Waals surface area contributed by atoms with E-state index in [4.69, 9.17) is 24.1 Å². The minimum Gasteiger partial charge on any atom is -0.449 e. The second-order valence-electron chi connectivity index (χ2n) is 5.84. The highest BCUT2D eigenvalue weighted by molar-refractivity contribution is 5.64. The van der Waals surface area contributed by atoms with E-state index in [1.165, 1.54) is 7.11 Å². The first-order valence-corrected chi connectivity index (χ1v) is 8.30. The standard InChI is InChI=1S/C19H20N2O7/c1-11-16(27-18(22)23)15(14-6-4-5-13(9-14)10-20)17(12(2)21-11)28-19(24)26-8-7-25-3/h4-6,9,15,21H,7-8H2,1-3H3,(H,22,23). The second kappa shape index (κ2) is 9.43. The van der Waals surface area contributed by atoms with E-state index >= 15 is 0 Å². The Morgan fingerprint density at radius 2 is 1.86 bits per heavy atom. The molecule has 0 spiro atoms. The van der Waals surface area contributed by atoms with Crippen LogP contribution in [0.15, 0.2) is 47.2 Å². The molecule has 9 heteroatoms. The molecule has 0 aromatic heterocycles. The molecule has 2 rings (SSSR count). The van der Waals surface area contributed by atoms with E-state index in [0.717, 1.165) is 0 Å². The summed E-state index contributed by atoms with van der Waals surface area (Å²) in [7, 11) is 1.47. The van der Waals surface area contributed by atoms with E-state index < -0.39 is 18.2 Å². The number of carbonyl (C=O) groups is 2. The molecule has 0 saturated carbocycles. The summed E-state index contributed by atoms with van der Waals surface area (Å²) in [5.74, 6) is -0.715. The zero-order valence-electron chi connectivity index (χ0n) is 15.6. The number of methoxy groups -OCH3 is 1. The monoisotopic (exact) mass is 388 g/mol. The van der Waals surface area contributed by atoms with E-state index in [9.17, 15) is 14.9 Å². The van der Waals surface area contributed by atoms with Crippen LogP contribution in [0.2, 0.25) is 0 Å². The van der Waals surface area contributed by atoms with Gasteiger partial charge in [-0.2, -0.15) is 5.26 Å². The molecule has 0 amide bonds. The number of hydrogen-bond donors (Lipinski definition) is 2. The summed E-state index contributed by atoms with van der Waals surface area (Å²) in [5.41, 5.74) is 1.80. The number of nitrogens with zero attached hydrogens (tertiary/aromatic N) is 1. The number of nitriles is 1. The summed E-state index contributed by atoms with van der Waals surface area (Å²) < 4.78 is 20.1. The quantitative estimate of drug-likeness (QED) is 0.558. The third-order valence-electron chi connectivity index (χ3n) is 3.89.